The highest BCUT2D eigenvalue weighted by Crippen LogP contribution is 2.44. The van der Waals surface area contributed by atoms with Crippen molar-refractivity contribution >= 4 is 17.8 Å². The molecular formula is C19H18ClFO4. The molecule has 0 N–H and O–H groups in total. The van der Waals surface area contributed by atoms with Crippen LogP contribution in [0.5, 0.6) is 11.5 Å². The molecule has 0 bridgehead atoms. The average Bonchev–Trinajstić information content (AvgIpc) is 3.42. The largest absolute Gasteiger partial charge is 0.513 e. The predicted molar refractivity (Wildman–Crippen MR) is 91.9 cm³/mol. The lowest BCUT2D eigenvalue weighted by Crippen LogP contribution is -2.11. The number of halogens is 2. The zero-order chi connectivity index (χ0) is 18.0. The minimum absolute atomic E-state index is 0.112. The summed E-state index contributed by atoms with van der Waals surface area (Å²) in [5, 5.41) is 0.332. The highest BCUT2D eigenvalue weighted by Gasteiger charge is 2.28. The van der Waals surface area contributed by atoms with E-state index in [9.17, 15) is 9.18 Å². The maximum Gasteiger partial charge on any atom is 0.513 e. The topological polar surface area (TPSA) is 44.8 Å². The molecule has 25 heavy (non-hydrogen) atoms. The summed E-state index contributed by atoms with van der Waals surface area (Å²) in [7, 11) is 1.25. The van der Waals surface area contributed by atoms with Crippen LogP contribution in [0, 0.1) is 12.7 Å². The number of aryl methyl sites for hydroxylation is 1. The molecule has 0 saturated heterocycles. The Balaban J connectivity index is 1.88. The Morgan fingerprint density at radius 1 is 1.28 bits per heavy atom. The van der Waals surface area contributed by atoms with Gasteiger partial charge in [0, 0.05) is 11.6 Å². The van der Waals surface area contributed by atoms with E-state index in [1.165, 1.54) is 19.2 Å². The summed E-state index contributed by atoms with van der Waals surface area (Å²) in [6.45, 7) is 1.75. The molecule has 0 aromatic heterocycles. The highest BCUT2D eigenvalue weighted by molar-refractivity contribution is 6.32. The number of rotatable bonds is 5. The molecule has 3 rings (SSSR count). The van der Waals surface area contributed by atoms with Crippen LogP contribution < -0.4 is 9.47 Å². The average molecular weight is 365 g/mol. The Morgan fingerprint density at radius 2 is 2.04 bits per heavy atom. The third-order valence-electron chi connectivity index (χ3n) is 4.13. The van der Waals surface area contributed by atoms with Crippen LogP contribution in [0.15, 0.2) is 30.3 Å². The van der Waals surface area contributed by atoms with E-state index in [4.69, 9.17) is 21.1 Å². The molecular weight excluding hydrogens is 347 g/mol. The van der Waals surface area contributed by atoms with E-state index >= 15 is 0 Å². The van der Waals surface area contributed by atoms with E-state index in [1.54, 1.807) is 13.0 Å². The van der Waals surface area contributed by atoms with Crippen LogP contribution in [0.25, 0.3) is 0 Å². The van der Waals surface area contributed by atoms with Crippen LogP contribution in [0.1, 0.15) is 35.4 Å². The Labute approximate surface area is 150 Å². The first-order valence-corrected chi connectivity index (χ1v) is 8.33. The molecule has 0 heterocycles. The van der Waals surface area contributed by atoms with Crippen molar-refractivity contribution in [3.63, 3.8) is 0 Å². The molecule has 1 fully saturated rings. The molecule has 2 aromatic carbocycles. The summed E-state index contributed by atoms with van der Waals surface area (Å²) < 4.78 is 29.3. The third kappa shape index (κ3) is 4.04. The third-order valence-corrected chi connectivity index (χ3v) is 4.43. The molecule has 1 saturated carbocycles. The second-order valence-electron chi connectivity index (χ2n) is 5.97. The van der Waals surface area contributed by atoms with Crippen molar-refractivity contribution < 1.29 is 23.4 Å². The van der Waals surface area contributed by atoms with Gasteiger partial charge < -0.3 is 14.2 Å². The van der Waals surface area contributed by atoms with Crippen molar-refractivity contribution in [3.8, 4) is 11.5 Å². The maximum absolute atomic E-state index is 13.8. The highest BCUT2D eigenvalue weighted by atomic mass is 35.5. The van der Waals surface area contributed by atoms with E-state index in [0.29, 0.717) is 22.3 Å². The van der Waals surface area contributed by atoms with E-state index in [-0.39, 0.29) is 18.2 Å². The zero-order valence-corrected chi connectivity index (χ0v) is 14.7. The number of carbonyl (C=O) groups is 1. The van der Waals surface area contributed by atoms with Gasteiger partial charge in [-0.1, -0.05) is 23.7 Å². The summed E-state index contributed by atoms with van der Waals surface area (Å²) in [5.41, 5.74) is 2.25. The monoisotopic (exact) mass is 364 g/mol. The molecule has 132 valence electrons. The zero-order valence-electron chi connectivity index (χ0n) is 14.0. The lowest BCUT2D eigenvalue weighted by molar-refractivity contribution is 0.120. The van der Waals surface area contributed by atoms with E-state index in [2.05, 4.69) is 4.74 Å². The summed E-state index contributed by atoms with van der Waals surface area (Å²) >= 11 is 6.13. The van der Waals surface area contributed by atoms with E-state index in [1.807, 2.05) is 12.1 Å². The van der Waals surface area contributed by atoms with Gasteiger partial charge in [0.25, 0.3) is 0 Å². The van der Waals surface area contributed by atoms with Gasteiger partial charge in [-0.3, -0.25) is 0 Å². The summed E-state index contributed by atoms with van der Waals surface area (Å²) in [6, 6.07) is 8.27. The Morgan fingerprint density at radius 3 is 2.72 bits per heavy atom. The van der Waals surface area contributed by atoms with Crippen molar-refractivity contribution in [2.45, 2.75) is 32.3 Å². The molecule has 0 aliphatic heterocycles. The van der Waals surface area contributed by atoms with E-state index in [0.717, 1.165) is 24.0 Å². The molecule has 0 unspecified atom stereocenters. The molecule has 0 radical (unpaired) electrons. The minimum Gasteiger partial charge on any atom is -0.487 e. The van der Waals surface area contributed by atoms with Gasteiger partial charge in [-0.2, -0.15) is 0 Å². The first-order valence-electron chi connectivity index (χ1n) is 7.95. The number of benzene rings is 2. The van der Waals surface area contributed by atoms with Crippen molar-refractivity contribution in [2.75, 3.05) is 7.11 Å². The summed E-state index contributed by atoms with van der Waals surface area (Å²) in [5.74, 6) is 0.658. The summed E-state index contributed by atoms with van der Waals surface area (Å²) in [6.07, 6.45) is 1.36. The van der Waals surface area contributed by atoms with Crippen molar-refractivity contribution in [3.05, 3.63) is 57.9 Å². The fourth-order valence-electron chi connectivity index (χ4n) is 2.63. The van der Waals surface area contributed by atoms with Crippen molar-refractivity contribution in [1.29, 1.82) is 0 Å². The van der Waals surface area contributed by atoms with Crippen LogP contribution in [0.2, 0.25) is 5.02 Å². The summed E-state index contributed by atoms with van der Waals surface area (Å²) in [4.78, 5) is 11.5. The quantitative estimate of drug-likeness (QED) is 0.527. The van der Waals surface area contributed by atoms with Crippen LogP contribution in [-0.4, -0.2) is 13.3 Å². The second-order valence-corrected chi connectivity index (χ2v) is 6.38. The Kier molecular flexibility index (Phi) is 5.13. The minimum atomic E-state index is -0.798. The first-order chi connectivity index (χ1) is 12.0. The molecule has 4 nitrogen and oxygen atoms in total. The molecule has 6 heteroatoms. The van der Waals surface area contributed by atoms with Gasteiger partial charge in [-0.15, -0.1) is 0 Å². The molecule has 1 aliphatic carbocycles. The van der Waals surface area contributed by atoms with Crippen molar-refractivity contribution in [2.24, 2.45) is 0 Å². The number of ether oxygens (including phenoxy) is 3. The fraction of sp³-hybridized carbons (Fsp3) is 0.316. The van der Waals surface area contributed by atoms with Gasteiger partial charge >= 0.3 is 6.16 Å². The van der Waals surface area contributed by atoms with Gasteiger partial charge in [0.15, 0.2) is 0 Å². The second kappa shape index (κ2) is 7.31. The molecule has 1 aliphatic rings. The van der Waals surface area contributed by atoms with Gasteiger partial charge in [0.1, 0.15) is 23.9 Å². The molecule has 0 spiro atoms. The first kappa shape index (κ1) is 17.5. The maximum atomic E-state index is 13.8. The molecule has 0 amide bonds. The van der Waals surface area contributed by atoms with Gasteiger partial charge in [-0.05, 0) is 48.9 Å². The fourth-order valence-corrected chi connectivity index (χ4v) is 2.90. The number of hydrogen-bond acceptors (Lipinski definition) is 4. The van der Waals surface area contributed by atoms with E-state index < -0.39 is 6.16 Å². The van der Waals surface area contributed by atoms with Crippen LogP contribution >= 0.6 is 11.6 Å². The van der Waals surface area contributed by atoms with Gasteiger partial charge in [0.05, 0.1) is 12.1 Å². The van der Waals surface area contributed by atoms with Gasteiger partial charge in [-0.25, -0.2) is 9.18 Å². The molecule has 0 atom stereocenters. The SMILES string of the molecule is COC(=O)Oc1cccc(C2CC2)c1COc1cc(F)c(C)cc1Cl. The molecule has 2 aromatic rings. The number of methoxy groups -OCH3 is 1. The smallest absolute Gasteiger partial charge is 0.487 e. The Bertz CT molecular complexity index is 802. The van der Waals surface area contributed by atoms with Crippen LogP contribution in [0.4, 0.5) is 9.18 Å². The normalized spacial score (nSPS) is 13.4. The number of hydrogen-bond donors (Lipinski definition) is 0. The van der Waals surface area contributed by atoms with Gasteiger partial charge in [0.2, 0.25) is 0 Å². The van der Waals surface area contributed by atoms with Crippen molar-refractivity contribution in [1.82, 2.24) is 0 Å². The van der Waals surface area contributed by atoms with Crippen LogP contribution in [-0.2, 0) is 11.3 Å². The lowest BCUT2D eigenvalue weighted by Gasteiger charge is -2.16. The standard InChI is InChI=1S/C19H18ClFO4/c1-11-8-15(20)18(9-16(11)21)24-10-14-13(12-6-7-12)4-3-5-17(14)25-19(22)23-2/h3-5,8-9,12H,6-7,10H2,1-2H3. The van der Waals surface area contributed by atoms with Crippen LogP contribution in [0.3, 0.4) is 0 Å². The lowest BCUT2D eigenvalue weighted by atomic mass is 10.0. The number of carbonyl (C=O) groups excluding carboxylic acids is 1. The predicted octanol–water partition coefficient (Wildman–Crippen LogP) is 5.39. The Hall–Kier alpha value is -2.27.